The van der Waals surface area contributed by atoms with E-state index in [0.717, 1.165) is 6.54 Å². The minimum Gasteiger partial charge on any atom is -0.496 e. The second kappa shape index (κ2) is 8.94. The molecule has 1 amide bonds. The largest absolute Gasteiger partial charge is 0.496 e. The van der Waals surface area contributed by atoms with Gasteiger partial charge in [0.15, 0.2) is 11.5 Å². The Morgan fingerprint density at radius 2 is 1.81 bits per heavy atom. The number of nitrogens with zero attached hydrogens (tertiary/aromatic N) is 2. The van der Waals surface area contributed by atoms with Crippen LogP contribution in [0.15, 0.2) is 30.5 Å². The van der Waals surface area contributed by atoms with E-state index in [-0.39, 0.29) is 5.91 Å². The zero-order valence-corrected chi connectivity index (χ0v) is 15.8. The lowest BCUT2D eigenvalue weighted by atomic mass is 10.1. The van der Waals surface area contributed by atoms with Gasteiger partial charge >= 0.3 is 0 Å². The third-order valence-corrected chi connectivity index (χ3v) is 3.66. The number of methoxy groups -OCH3 is 3. The van der Waals surface area contributed by atoms with Crippen molar-refractivity contribution < 1.29 is 19.0 Å². The van der Waals surface area contributed by atoms with Crippen molar-refractivity contribution in [2.45, 2.75) is 20.4 Å². The van der Waals surface area contributed by atoms with E-state index in [9.17, 15) is 4.79 Å². The Morgan fingerprint density at radius 1 is 1.15 bits per heavy atom. The van der Waals surface area contributed by atoms with E-state index in [2.05, 4.69) is 24.3 Å². The molecule has 140 valence electrons. The van der Waals surface area contributed by atoms with Crippen molar-refractivity contribution in [1.82, 2.24) is 9.78 Å². The maximum Gasteiger partial charge on any atom is 0.249 e. The molecular formula is C19H25N3O4. The smallest absolute Gasteiger partial charge is 0.249 e. The average Bonchev–Trinajstić information content (AvgIpc) is 3.04. The molecular weight excluding hydrogens is 334 g/mol. The van der Waals surface area contributed by atoms with Crippen LogP contribution in [0.2, 0.25) is 0 Å². The minimum atomic E-state index is -0.257. The van der Waals surface area contributed by atoms with Gasteiger partial charge in [-0.3, -0.25) is 4.79 Å². The van der Waals surface area contributed by atoms with Gasteiger partial charge in [0, 0.05) is 30.3 Å². The quantitative estimate of drug-likeness (QED) is 0.733. The van der Waals surface area contributed by atoms with E-state index in [1.807, 2.05) is 0 Å². The van der Waals surface area contributed by atoms with Gasteiger partial charge in [-0.1, -0.05) is 13.8 Å². The Bertz CT molecular complexity index is 781. The summed E-state index contributed by atoms with van der Waals surface area (Å²) < 4.78 is 17.7. The third-order valence-electron chi connectivity index (χ3n) is 3.66. The number of carbonyl (C=O) groups excluding carboxylic acids is 1. The summed E-state index contributed by atoms with van der Waals surface area (Å²) in [5.74, 6) is 2.53. The number of hydrogen-bond donors (Lipinski definition) is 1. The van der Waals surface area contributed by atoms with Gasteiger partial charge < -0.3 is 19.5 Å². The van der Waals surface area contributed by atoms with Gasteiger partial charge in [-0.15, -0.1) is 0 Å². The highest BCUT2D eigenvalue weighted by Gasteiger charge is 2.11. The number of ether oxygens (including phenoxy) is 3. The second-order valence-corrected chi connectivity index (χ2v) is 6.06. The number of hydrogen-bond acceptors (Lipinski definition) is 5. The second-order valence-electron chi connectivity index (χ2n) is 6.06. The van der Waals surface area contributed by atoms with Crippen LogP contribution in [0.25, 0.3) is 6.08 Å². The lowest BCUT2D eigenvalue weighted by molar-refractivity contribution is -0.111. The molecule has 0 unspecified atom stereocenters. The van der Waals surface area contributed by atoms with Crippen LogP contribution in [-0.2, 0) is 11.3 Å². The van der Waals surface area contributed by atoms with Crippen LogP contribution in [0.1, 0.15) is 19.4 Å². The minimum absolute atomic E-state index is 0.257. The van der Waals surface area contributed by atoms with Gasteiger partial charge in [0.2, 0.25) is 5.91 Å². The van der Waals surface area contributed by atoms with Crippen molar-refractivity contribution >= 4 is 17.8 Å². The highest BCUT2D eigenvalue weighted by Crippen LogP contribution is 2.35. The van der Waals surface area contributed by atoms with Gasteiger partial charge in [-0.05, 0) is 18.1 Å². The van der Waals surface area contributed by atoms with E-state index >= 15 is 0 Å². The summed E-state index contributed by atoms with van der Waals surface area (Å²) in [6.07, 6.45) is 4.77. The van der Waals surface area contributed by atoms with Crippen molar-refractivity contribution in [2.24, 2.45) is 5.92 Å². The van der Waals surface area contributed by atoms with Crippen LogP contribution >= 0.6 is 0 Å². The van der Waals surface area contributed by atoms with E-state index < -0.39 is 0 Å². The standard InChI is InChI=1S/C19H25N3O4/c1-13(2)12-22-18(8-9-20-22)21-19(23)7-6-14-10-16(25-4)17(26-5)11-15(14)24-3/h6-11,13H,12H2,1-5H3,(H,21,23)/b7-6+. The molecule has 0 fully saturated rings. The zero-order chi connectivity index (χ0) is 19.1. The van der Waals surface area contributed by atoms with Gasteiger partial charge in [-0.2, -0.15) is 5.10 Å². The summed E-state index contributed by atoms with van der Waals surface area (Å²) in [6.45, 7) is 4.92. The summed E-state index contributed by atoms with van der Waals surface area (Å²) >= 11 is 0. The maximum absolute atomic E-state index is 12.3. The maximum atomic E-state index is 12.3. The molecule has 0 aliphatic rings. The first-order chi connectivity index (χ1) is 12.5. The molecule has 2 rings (SSSR count). The van der Waals surface area contributed by atoms with Gasteiger partial charge in [0.05, 0.1) is 27.5 Å². The monoisotopic (exact) mass is 359 g/mol. The molecule has 0 atom stereocenters. The summed E-state index contributed by atoms with van der Waals surface area (Å²) in [5.41, 5.74) is 0.705. The summed E-state index contributed by atoms with van der Waals surface area (Å²) in [6, 6.07) is 5.24. The third kappa shape index (κ3) is 4.78. The molecule has 7 heteroatoms. The molecule has 0 spiro atoms. The first-order valence-corrected chi connectivity index (χ1v) is 8.29. The molecule has 1 aromatic carbocycles. The molecule has 1 heterocycles. The number of benzene rings is 1. The van der Waals surface area contributed by atoms with Crippen molar-refractivity contribution in [3.63, 3.8) is 0 Å². The molecule has 0 aliphatic carbocycles. The number of carbonyl (C=O) groups is 1. The normalized spacial score (nSPS) is 11.0. The topological polar surface area (TPSA) is 74.6 Å². The van der Waals surface area contributed by atoms with E-state index in [4.69, 9.17) is 14.2 Å². The summed E-state index contributed by atoms with van der Waals surface area (Å²) in [4.78, 5) is 12.3. The predicted molar refractivity (Wildman–Crippen MR) is 101 cm³/mol. The van der Waals surface area contributed by atoms with Crippen LogP contribution in [-0.4, -0.2) is 37.0 Å². The van der Waals surface area contributed by atoms with Crippen LogP contribution in [0.4, 0.5) is 5.82 Å². The first-order valence-electron chi connectivity index (χ1n) is 8.29. The van der Waals surface area contributed by atoms with Crippen molar-refractivity contribution in [3.05, 3.63) is 36.0 Å². The number of rotatable bonds is 8. The highest BCUT2D eigenvalue weighted by atomic mass is 16.5. The molecule has 0 radical (unpaired) electrons. The predicted octanol–water partition coefficient (Wildman–Crippen LogP) is 3.22. The fourth-order valence-electron chi connectivity index (χ4n) is 2.45. The van der Waals surface area contributed by atoms with E-state index in [1.54, 1.807) is 56.5 Å². The van der Waals surface area contributed by atoms with Gasteiger partial charge in [-0.25, -0.2) is 4.68 Å². The molecule has 2 aromatic rings. The van der Waals surface area contributed by atoms with Crippen LogP contribution in [0.5, 0.6) is 17.2 Å². The molecule has 0 aliphatic heterocycles. The SMILES string of the molecule is COc1cc(OC)c(OC)cc1/C=C/C(=O)Nc1ccnn1CC(C)C. The van der Waals surface area contributed by atoms with Crippen molar-refractivity contribution in [3.8, 4) is 17.2 Å². The Hall–Kier alpha value is -2.96. The van der Waals surface area contributed by atoms with Gasteiger partial charge in [0.25, 0.3) is 0 Å². The Labute approximate surface area is 153 Å². The van der Waals surface area contributed by atoms with E-state index in [0.29, 0.717) is 34.5 Å². The fourth-order valence-corrected chi connectivity index (χ4v) is 2.45. The molecule has 7 nitrogen and oxygen atoms in total. The molecule has 26 heavy (non-hydrogen) atoms. The number of aromatic nitrogens is 2. The lowest BCUT2D eigenvalue weighted by Gasteiger charge is -2.12. The number of nitrogens with one attached hydrogen (secondary N) is 1. The first kappa shape index (κ1) is 19.4. The number of amides is 1. The summed E-state index contributed by atoms with van der Waals surface area (Å²) in [5, 5.41) is 7.06. The van der Waals surface area contributed by atoms with Crippen molar-refractivity contribution in [2.75, 3.05) is 26.6 Å². The van der Waals surface area contributed by atoms with Crippen LogP contribution < -0.4 is 19.5 Å². The highest BCUT2D eigenvalue weighted by molar-refractivity contribution is 6.01. The van der Waals surface area contributed by atoms with Crippen LogP contribution in [0.3, 0.4) is 0 Å². The number of anilines is 1. The molecule has 0 saturated carbocycles. The Kier molecular flexibility index (Phi) is 6.66. The molecule has 1 aromatic heterocycles. The molecule has 0 saturated heterocycles. The molecule has 1 N–H and O–H groups in total. The Morgan fingerprint density at radius 3 is 2.42 bits per heavy atom. The zero-order valence-electron chi connectivity index (χ0n) is 15.8. The van der Waals surface area contributed by atoms with Gasteiger partial charge in [0.1, 0.15) is 11.6 Å². The summed E-state index contributed by atoms with van der Waals surface area (Å²) in [7, 11) is 4.67. The Balaban J connectivity index is 2.16. The van der Waals surface area contributed by atoms with Crippen molar-refractivity contribution in [1.29, 1.82) is 0 Å². The average molecular weight is 359 g/mol. The fraction of sp³-hybridized carbons (Fsp3) is 0.368. The lowest BCUT2D eigenvalue weighted by Crippen LogP contribution is -2.15. The molecule has 0 bridgehead atoms. The van der Waals surface area contributed by atoms with Crippen LogP contribution in [0, 0.1) is 5.92 Å². The van der Waals surface area contributed by atoms with E-state index in [1.165, 1.54) is 6.08 Å².